The minimum absolute atomic E-state index is 0.0370. The van der Waals surface area contributed by atoms with Crippen LogP contribution < -0.4 is 5.32 Å². The van der Waals surface area contributed by atoms with E-state index in [1.807, 2.05) is 31.2 Å². The molecule has 0 aliphatic heterocycles. The fourth-order valence-corrected chi connectivity index (χ4v) is 2.46. The van der Waals surface area contributed by atoms with Gasteiger partial charge in [0.05, 0.1) is 6.26 Å². The third-order valence-electron chi connectivity index (χ3n) is 3.58. The number of benzene rings is 1. The Morgan fingerprint density at radius 1 is 1.33 bits per heavy atom. The summed E-state index contributed by atoms with van der Waals surface area (Å²) >= 11 is 0. The molecule has 3 heteroatoms. The summed E-state index contributed by atoms with van der Waals surface area (Å²) in [4.78, 5) is 0. The Labute approximate surface area is 108 Å². The van der Waals surface area contributed by atoms with E-state index >= 15 is 0 Å². The molecule has 0 radical (unpaired) electrons. The molecule has 0 aliphatic carbocycles. The number of hydrogen-bond donors (Lipinski definition) is 2. The Kier molecular flexibility index (Phi) is 3.73. The van der Waals surface area contributed by atoms with Crippen LogP contribution in [-0.4, -0.2) is 17.7 Å². The predicted octanol–water partition coefficient (Wildman–Crippen LogP) is 3.03. The topological polar surface area (TPSA) is 45.4 Å². The van der Waals surface area contributed by atoms with Crippen LogP contribution in [0.3, 0.4) is 0 Å². The second-order valence-corrected chi connectivity index (χ2v) is 4.84. The van der Waals surface area contributed by atoms with Crippen LogP contribution >= 0.6 is 0 Å². The SMILES string of the molecule is CCNC(CC)C(C)(O)c1ccc2ccoc2c1. The average molecular weight is 247 g/mol. The maximum absolute atomic E-state index is 10.8. The highest BCUT2D eigenvalue weighted by atomic mass is 16.3. The number of fused-ring (bicyclic) bond motifs is 1. The van der Waals surface area contributed by atoms with Crippen LogP contribution in [0, 0.1) is 0 Å². The van der Waals surface area contributed by atoms with Gasteiger partial charge in [-0.05, 0) is 37.6 Å². The van der Waals surface area contributed by atoms with Gasteiger partial charge in [-0.15, -0.1) is 0 Å². The highest BCUT2D eigenvalue weighted by molar-refractivity contribution is 5.77. The quantitative estimate of drug-likeness (QED) is 0.853. The third kappa shape index (κ3) is 2.28. The van der Waals surface area contributed by atoms with Gasteiger partial charge < -0.3 is 14.8 Å². The van der Waals surface area contributed by atoms with Crippen LogP contribution in [0.1, 0.15) is 32.8 Å². The fraction of sp³-hybridized carbons (Fsp3) is 0.467. The minimum Gasteiger partial charge on any atom is -0.464 e. The normalized spacial score (nSPS) is 16.7. The first-order valence-electron chi connectivity index (χ1n) is 6.53. The molecule has 2 N–H and O–H groups in total. The standard InChI is InChI=1S/C15H21NO2/c1-4-14(16-5-2)15(3,17)12-7-6-11-8-9-18-13(11)10-12/h6-10,14,16-17H,4-5H2,1-3H3. The van der Waals surface area contributed by atoms with Crippen molar-refractivity contribution in [2.75, 3.05) is 6.54 Å². The van der Waals surface area contributed by atoms with Crippen molar-refractivity contribution < 1.29 is 9.52 Å². The van der Waals surface area contributed by atoms with Gasteiger partial charge in [-0.1, -0.05) is 26.0 Å². The van der Waals surface area contributed by atoms with Crippen LogP contribution in [0.2, 0.25) is 0 Å². The van der Waals surface area contributed by atoms with Crippen molar-refractivity contribution in [2.45, 2.75) is 38.8 Å². The molecule has 0 saturated heterocycles. The van der Waals surface area contributed by atoms with Crippen molar-refractivity contribution in [2.24, 2.45) is 0 Å². The summed E-state index contributed by atoms with van der Waals surface area (Å²) in [6.45, 7) is 6.83. The van der Waals surface area contributed by atoms with Crippen molar-refractivity contribution in [3.8, 4) is 0 Å². The van der Waals surface area contributed by atoms with Gasteiger partial charge in [-0.25, -0.2) is 0 Å². The van der Waals surface area contributed by atoms with Gasteiger partial charge in [0.25, 0.3) is 0 Å². The van der Waals surface area contributed by atoms with E-state index in [9.17, 15) is 5.11 Å². The second kappa shape index (κ2) is 5.12. The van der Waals surface area contributed by atoms with Crippen LogP contribution in [0.5, 0.6) is 0 Å². The third-order valence-corrected chi connectivity index (χ3v) is 3.58. The van der Waals surface area contributed by atoms with E-state index < -0.39 is 5.60 Å². The number of furan rings is 1. The molecule has 2 rings (SSSR count). The minimum atomic E-state index is -0.897. The lowest BCUT2D eigenvalue weighted by atomic mass is 9.86. The lowest BCUT2D eigenvalue weighted by molar-refractivity contribution is 0.0143. The van der Waals surface area contributed by atoms with Crippen molar-refractivity contribution >= 4 is 11.0 Å². The molecule has 0 fully saturated rings. The summed E-state index contributed by atoms with van der Waals surface area (Å²) in [5.74, 6) is 0. The summed E-state index contributed by atoms with van der Waals surface area (Å²) in [6.07, 6.45) is 2.54. The molecular formula is C15H21NO2. The molecule has 1 heterocycles. The van der Waals surface area contributed by atoms with Gasteiger partial charge in [0.1, 0.15) is 11.2 Å². The van der Waals surface area contributed by atoms with Crippen molar-refractivity contribution in [3.05, 3.63) is 36.1 Å². The van der Waals surface area contributed by atoms with Crippen LogP contribution in [-0.2, 0) is 5.60 Å². The summed E-state index contributed by atoms with van der Waals surface area (Å²) in [5.41, 5.74) is 0.808. The zero-order chi connectivity index (χ0) is 13.2. The van der Waals surface area contributed by atoms with Crippen LogP contribution in [0.25, 0.3) is 11.0 Å². The molecule has 0 bridgehead atoms. The number of hydrogen-bond acceptors (Lipinski definition) is 3. The molecule has 18 heavy (non-hydrogen) atoms. The fourth-order valence-electron chi connectivity index (χ4n) is 2.46. The number of aliphatic hydroxyl groups is 1. The van der Waals surface area contributed by atoms with Crippen LogP contribution in [0.15, 0.2) is 34.9 Å². The van der Waals surface area contributed by atoms with Gasteiger partial charge >= 0.3 is 0 Å². The smallest absolute Gasteiger partial charge is 0.134 e. The molecule has 2 unspecified atom stereocenters. The van der Waals surface area contributed by atoms with E-state index in [0.29, 0.717) is 0 Å². The highest BCUT2D eigenvalue weighted by Crippen LogP contribution is 2.29. The number of nitrogens with one attached hydrogen (secondary N) is 1. The first-order chi connectivity index (χ1) is 8.59. The summed E-state index contributed by atoms with van der Waals surface area (Å²) in [5, 5.41) is 15.2. The monoisotopic (exact) mass is 247 g/mol. The van der Waals surface area contributed by atoms with Gasteiger partial charge in [0.2, 0.25) is 0 Å². The molecule has 1 aromatic heterocycles. The molecule has 0 spiro atoms. The lowest BCUT2D eigenvalue weighted by Gasteiger charge is -2.33. The van der Waals surface area contributed by atoms with Crippen molar-refractivity contribution in [1.29, 1.82) is 0 Å². The number of rotatable bonds is 5. The Hall–Kier alpha value is -1.32. The summed E-state index contributed by atoms with van der Waals surface area (Å²) in [6, 6.07) is 7.85. The van der Waals surface area contributed by atoms with Crippen molar-refractivity contribution in [3.63, 3.8) is 0 Å². The maximum Gasteiger partial charge on any atom is 0.134 e. The first-order valence-corrected chi connectivity index (χ1v) is 6.53. The van der Waals surface area contributed by atoms with Gasteiger partial charge in [0.15, 0.2) is 0 Å². The molecule has 2 atom stereocenters. The van der Waals surface area contributed by atoms with Crippen molar-refractivity contribution in [1.82, 2.24) is 5.32 Å². The molecule has 0 saturated carbocycles. The van der Waals surface area contributed by atoms with Crippen LogP contribution in [0.4, 0.5) is 0 Å². The second-order valence-electron chi connectivity index (χ2n) is 4.84. The Morgan fingerprint density at radius 3 is 2.78 bits per heavy atom. The molecule has 3 nitrogen and oxygen atoms in total. The van der Waals surface area contributed by atoms with E-state index in [1.54, 1.807) is 6.26 Å². The zero-order valence-corrected chi connectivity index (χ0v) is 11.2. The predicted molar refractivity (Wildman–Crippen MR) is 73.5 cm³/mol. The molecule has 2 aromatic rings. The summed E-state index contributed by atoms with van der Waals surface area (Å²) in [7, 11) is 0. The Morgan fingerprint density at radius 2 is 2.11 bits per heavy atom. The largest absolute Gasteiger partial charge is 0.464 e. The molecule has 98 valence electrons. The highest BCUT2D eigenvalue weighted by Gasteiger charge is 2.32. The maximum atomic E-state index is 10.8. The van der Waals surface area contributed by atoms with E-state index in [1.165, 1.54) is 0 Å². The summed E-state index contributed by atoms with van der Waals surface area (Å²) < 4.78 is 5.40. The Balaban J connectivity index is 2.37. The van der Waals surface area contributed by atoms with Gasteiger partial charge in [-0.3, -0.25) is 0 Å². The molecule has 0 aliphatic rings. The van der Waals surface area contributed by atoms with E-state index in [2.05, 4.69) is 19.2 Å². The lowest BCUT2D eigenvalue weighted by Crippen LogP contribution is -2.46. The average Bonchev–Trinajstić information content (AvgIpc) is 2.82. The van der Waals surface area contributed by atoms with E-state index in [0.717, 1.165) is 29.5 Å². The molecule has 0 amide bonds. The molecular weight excluding hydrogens is 226 g/mol. The Bertz CT molecular complexity index is 516. The van der Waals surface area contributed by atoms with Gasteiger partial charge in [-0.2, -0.15) is 0 Å². The number of likely N-dealkylation sites (N-methyl/N-ethyl adjacent to an activating group) is 1. The van der Waals surface area contributed by atoms with E-state index in [-0.39, 0.29) is 6.04 Å². The van der Waals surface area contributed by atoms with E-state index in [4.69, 9.17) is 4.42 Å². The van der Waals surface area contributed by atoms with Gasteiger partial charge in [0, 0.05) is 11.4 Å². The zero-order valence-electron chi connectivity index (χ0n) is 11.2. The first kappa shape index (κ1) is 13.1. The molecule has 1 aromatic carbocycles.